The minimum atomic E-state index is -0.0272. The highest BCUT2D eigenvalue weighted by atomic mass is 16.5. The molecule has 1 saturated carbocycles. The van der Waals surface area contributed by atoms with E-state index in [4.69, 9.17) is 4.74 Å². The Labute approximate surface area is 161 Å². The molecule has 4 rings (SSSR count). The summed E-state index contributed by atoms with van der Waals surface area (Å²) in [5.41, 5.74) is 2.45. The Morgan fingerprint density at radius 2 is 1.85 bits per heavy atom. The maximum atomic E-state index is 12.9. The largest absolute Gasteiger partial charge is 0.370 e. The Bertz CT molecular complexity index is 693. The van der Waals surface area contributed by atoms with Gasteiger partial charge in [-0.05, 0) is 37.3 Å². The van der Waals surface area contributed by atoms with Gasteiger partial charge in [0.1, 0.15) is 0 Å². The molecule has 3 fully saturated rings. The first-order valence-corrected chi connectivity index (χ1v) is 10.4. The molecule has 3 aliphatic rings. The molecule has 0 unspecified atom stereocenters. The molecule has 27 heavy (non-hydrogen) atoms. The number of aryl methyl sites for hydroxylation is 1. The van der Waals surface area contributed by atoms with E-state index in [-0.39, 0.29) is 23.8 Å². The molecule has 1 aliphatic carbocycles. The molecule has 1 aromatic carbocycles. The quantitative estimate of drug-likeness (QED) is 0.801. The highest BCUT2D eigenvalue weighted by Gasteiger charge is 2.40. The van der Waals surface area contributed by atoms with E-state index < -0.39 is 0 Å². The fourth-order valence-electron chi connectivity index (χ4n) is 4.60. The molecule has 2 amide bonds. The van der Waals surface area contributed by atoms with Crippen molar-refractivity contribution in [1.29, 1.82) is 0 Å². The van der Waals surface area contributed by atoms with Crippen LogP contribution in [0.4, 0.5) is 0 Å². The summed E-state index contributed by atoms with van der Waals surface area (Å²) < 4.78 is 5.97. The Morgan fingerprint density at radius 1 is 1.11 bits per heavy atom. The zero-order valence-electron chi connectivity index (χ0n) is 16.2. The van der Waals surface area contributed by atoms with Gasteiger partial charge in [-0.15, -0.1) is 0 Å². The second kappa shape index (κ2) is 8.01. The number of rotatable bonds is 5. The number of hydrogen-bond acceptors (Lipinski definition) is 3. The van der Waals surface area contributed by atoms with E-state index in [2.05, 4.69) is 19.1 Å². The van der Waals surface area contributed by atoms with Gasteiger partial charge in [0.25, 0.3) is 0 Å². The molecule has 1 aromatic rings. The third kappa shape index (κ3) is 4.03. The smallest absolute Gasteiger partial charge is 0.227 e. The van der Waals surface area contributed by atoms with Crippen LogP contribution in [0.5, 0.6) is 0 Å². The van der Waals surface area contributed by atoms with Gasteiger partial charge >= 0.3 is 0 Å². The van der Waals surface area contributed by atoms with E-state index in [9.17, 15) is 9.59 Å². The molecule has 2 heterocycles. The number of benzene rings is 1. The van der Waals surface area contributed by atoms with Crippen LogP contribution in [0.15, 0.2) is 24.3 Å². The normalized spacial score (nSPS) is 24.3. The van der Waals surface area contributed by atoms with E-state index >= 15 is 0 Å². The van der Waals surface area contributed by atoms with E-state index in [0.717, 1.165) is 12.8 Å². The van der Waals surface area contributed by atoms with Gasteiger partial charge in [0, 0.05) is 32.1 Å². The summed E-state index contributed by atoms with van der Waals surface area (Å²) in [5.74, 6) is 0.427. The first-order valence-electron chi connectivity index (χ1n) is 10.4. The van der Waals surface area contributed by atoms with Gasteiger partial charge in [-0.25, -0.2) is 0 Å². The van der Waals surface area contributed by atoms with Gasteiger partial charge in [-0.3, -0.25) is 9.59 Å². The number of nitrogens with zero attached hydrogens (tertiary/aromatic N) is 2. The van der Waals surface area contributed by atoms with E-state index in [1.54, 1.807) is 0 Å². The van der Waals surface area contributed by atoms with Crippen LogP contribution in [0.25, 0.3) is 0 Å². The molecule has 5 heteroatoms. The first kappa shape index (κ1) is 18.5. The Morgan fingerprint density at radius 3 is 2.59 bits per heavy atom. The zero-order valence-corrected chi connectivity index (χ0v) is 16.2. The monoisotopic (exact) mass is 370 g/mol. The second-order valence-electron chi connectivity index (χ2n) is 8.32. The Kier molecular flexibility index (Phi) is 5.48. The number of hydrogen-bond donors (Lipinski definition) is 0. The van der Waals surface area contributed by atoms with Crippen LogP contribution in [-0.4, -0.2) is 53.4 Å². The predicted molar refractivity (Wildman–Crippen MR) is 103 cm³/mol. The molecule has 0 spiro atoms. The number of amides is 2. The third-order valence-electron chi connectivity index (χ3n) is 6.45. The third-order valence-corrected chi connectivity index (χ3v) is 6.45. The van der Waals surface area contributed by atoms with Crippen molar-refractivity contribution in [2.45, 2.75) is 64.2 Å². The second-order valence-corrected chi connectivity index (χ2v) is 8.32. The molecule has 0 bridgehead atoms. The van der Waals surface area contributed by atoms with Crippen molar-refractivity contribution in [3.05, 3.63) is 35.4 Å². The highest BCUT2D eigenvalue weighted by Crippen LogP contribution is 2.30. The summed E-state index contributed by atoms with van der Waals surface area (Å²) >= 11 is 0. The maximum Gasteiger partial charge on any atom is 0.227 e. The summed E-state index contributed by atoms with van der Waals surface area (Å²) in [6.45, 7) is 4.67. The van der Waals surface area contributed by atoms with Crippen molar-refractivity contribution in [2.75, 3.05) is 19.6 Å². The lowest BCUT2D eigenvalue weighted by Crippen LogP contribution is -2.58. The molecule has 0 N–H and O–H groups in total. The average molecular weight is 370 g/mol. The van der Waals surface area contributed by atoms with Crippen LogP contribution < -0.4 is 0 Å². The average Bonchev–Trinajstić information content (AvgIpc) is 3.16. The topological polar surface area (TPSA) is 49.9 Å². The summed E-state index contributed by atoms with van der Waals surface area (Å²) in [6.07, 6.45) is 5.97. The number of carbonyl (C=O) groups is 2. The van der Waals surface area contributed by atoms with Crippen molar-refractivity contribution >= 4 is 11.8 Å². The van der Waals surface area contributed by atoms with Crippen LogP contribution in [-0.2, 0) is 20.9 Å². The van der Waals surface area contributed by atoms with Crippen LogP contribution in [0.2, 0.25) is 0 Å². The molecule has 0 aromatic heterocycles. The molecule has 5 nitrogen and oxygen atoms in total. The lowest BCUT2D eigenvalue weighted by Gasteiger charge is -2.43. The van der Waals surface area contributed by atoms with Crippen molar-refractivity contribution in [3.63, 3.8) is 0 Å². The molecule has 2 aliphatic heterocycles. The summed E-state index contributed by atoms with van der Waals surface area (Å²) in [5, 5.41) is 0. The van der Waals surface area contributed by atoms with E-state index in [1.807, 2.05) is 21.9 Å². The van der Waals surface area contributed by atoms with Gasteiger partial charge in [-0.1, -0.05) is 37.1 Å². The molecule has 2 saturated heterocycles. The predicted octanol–water partition coefficient (Wildman–Crippen LogP) is 2.90. The van der Waals surface area contributed by atoms with Gasteiger partial charge in [0.2, 0.25) is 11.8 Å². The number of carbonyl (C=O) groups excluding carboxylic acids is 2. The minimum absolute atomic E-state index is 0.0272. The summed E-state index contributed by atoms with van der Waals surface area (Å²) in [6, 6.07) is 8.62. The number of piperidine rings is 1. The number of ether oxygens (including phenoxy) is 1. The van der Waals surface area contributed by atoms with Crippen molar-refractivity contribution in [3.8, 4) is 0 Å². The summed E-state index contributed by atoms with van der Waals surface area (Å²) in [4.78, 5) is 29.1. The Hall–Kier alpha value is -1.88. The fraction of sp³-hybridized carbons (Fsp3) is 0.636. The minimum Gasteiger partial charge on any atom is -0.370 e. The van der Waals surface area contributed by atoms with Crippen LogP contribution >= 0.6 is 0 Å². The molecule has 1 atom stereocenters. The standard InChI is InChI=1S/C22H30N2O3/c1-16-6-2-3-7-18(16)15-27-20-13-23(14-20)22(26)17-10-11-21(25)24(12-17)19-8-4-5-9-19/h2-3,6-7,17,19-20H,4-5,8-15H2,1H3/t17-/m0/s1. The first-order chi connectivity index (χ1) is 13.1. The molecular formula is C22H30N2O3. The zero-order chi connectivity index (χ0) is 18.8. The van der Waals surface area contributed by atoms with Crippen molar-refractivity contribution in [1.82, 2.24) is 9.80 Å². The van der Waals surface area contributed by atoms with Crippen molar-refractivity contribution < 1.29 is 14.3 Å². The summed E-state index contributed by atoms with van der Waals surface area (Å²) in [7, 11) is 0. The molecular weight excluding hydrogens is 340 g/mol. The van der Waals surface area contributed by atoms with E-state index in [1.165, 1.54) is 24.0 Å². The van der Waals surface area contributed by atoms with Gasteiger partial charge in [0.15, 0.2) is 0 Å². The van der Waals surface area contributed by atoms with Gasteiger partial charge in [-0.2, -0.15) is 0 Å². The fourth-order valence-corrected chi connectivity index (χ4v) is 4.60. The van der Waals surface area contributed by atoms with Crippen LogP contribution in [0, 0.1) is 12.8 Å². The highest BCUT2D eigenvalue weighted by molar-refractivity contribution is 5.84. The lowest BCUT2D eigenvalue weighted by atomic mass is 9.93. The van der Waals surface area contributed by atoms with Crippen LogP contribution in [0.1, 0.15) is 49.7 Å². The Balaban J connectivity index is 1.25. The van der Waals surface area contributed by atoms with Gasteiger partial charge < -0.3 is 14.5 Å². The maximum absolute atomic E-state index is 12.9. The molecule has 146 valence electrons. The van der Waals surface area contributed by atoms with Crippen molar-refractivity contribution in [2.24, 2.45) is 5.92 Å². The molecule has 0 radical (unpaired) electrons. The number of likely N-dealkylation sites (tertiary alicyclic amines) is 2. The van der Waals surface area contributed by atoms with E-state index in [0.29, 0.717) is 45.1 Å². The van der Waals surface area contributed by atoms with Crippen LogP contribution in [0.3, 0.4) is 0 Å². The lowest BCUT2D eigenvalue weighted by molar-refractivity contribution is -0.155. The van der Waals surface area contributed by atoms with Gasteiger partial charge in [0.05, 0.1) is 18.6 Å². The SMILES string of the molecule is Cc1ccccc1COC1CN(C(=O)[C@H]2CCC(=O)N(C3CCCC3)C2)C1.